The van der Waals surface area contributed by atoms with Gasteiger partial charge in [-0.2, -0.15) is 0 Å². The Morgan fingerprint density at radius 1 is 1.60 bits per heavy atom. The Morgan fingerprint density at radius 2 is 2.40 bits per heavy atom. The van der Waals surface area contributed by atoms with E-state index in [2.05, 4.69) is 5.32 Å². The Morgan fingerprint density at radius 3 is 3.05 bits per heavy atom. The van der Waals surface area contributed by atoms with Gasteiger partial charge in [-0.05, 0) is 30.5 Å². The number of hydrogen-bond donors (Lipinski definition) is 2. The van der Waals surface area contributed by atoms with Crippen LogP contribution in [0.4, 0.5) is 4.39 Å². The van der Waals surface area contributed by atoms with Crippen LogP contribution >= 0.6 is 11.6 Å². The SMILES string of the molecule is O=C(CC1CCCO1)NCC(O)c1ccc(Cl)c(F)c1. The molecule has 20 heavy (non-hydrogen) atoms. The quantitative estimate of drug-likeness (QED) is 0.876. The Kier molecular flexibility index (Phi) is 5.34. The van der Waals surface area contributed by atoms with E-state index in [9.17, 15) is 14.3 Å². The maximum absolute atomic E-state index is 13.3. The van der Waals surface area contributed by atoms with Gasteiger partial charge in [0, 0.05) is 13.2 Å². The summed E-state index contributed by atoms with van der Waals surface area (Å²) in [6.45, 7) is 0.733. The second kappa shape index (κ2) is 7.02. The van der Waals surface area contributed by atoms with Crippen molar-refractivity contribution in [3.63, 3.8) is 0 Å². The van der Waals surface area contributed by atoms with E-state index in [1.807, 2.05) is 0 Å². The highest BCUT2D eigenvalue weighted by molar-refractivity contribution is 6.30. The summed E-state index contributed by atoms with van der Waals surface area (Å²) in [5.41, 5.74) is 0.379. The molecule has 1 fully saturated rings. The Balaban J connectivity index is 1.80. The summed E-state index contributed by atoms with van der Waals surface area (Å²) in [5, 5.41) is 12.5. The number of carbonyl (C=O) groups is 1. The molecule has 0 aliphatic carbocycles. The van der Waals surface area contributed by atoms with Crippen LogP contribution in [0.2, 0.25) is 5.02 Å². The molecule has 2 atom stereocenters. The summed E-state index contributed by atoms with van der Waals surface area (Å²) in [6.07, 6.45) is 1.17. The fourth-order valence-electron chi connectivity index (χ4n) is 2.13. The second-order valence-electron chi connectivity index (χ2n) is 4.83. The highest BCUT2D eigenvalue weighted by Crippen LogP contribution is 2.20. The van der Waals surface area contributed by atoms with Gasteiger partial charge in [0.2, 0.25) is 5.91 Å². The molecule has 2 unspecified atom stereocenters. The number of aliphatic hydroxyl groups excluding tert-OH is 1. The second-order valence-corrected chi connectivity index (χ2v) is 5.24. The van der Waals surface area contributed by atoms with Crippen molar-refractivity contribution < 1.29 is 19.0 Å². The van der Waals surface area contributed by atoms with Crippen LogP contribution in [0.1, 0.15) is 30.9 Å². The average molecular weight is 302 g/mol. The summed E-state index contributed by atoms with van der Waals surface area (Å²) in [6, 6.07) is 4.07. The lowest BCUT2D eigenvalue weighted by atomic mass is 10.1. The van der Waals surface area contributed by atoms with Crippen molar-refractivity contribution in [1.29, 1.82) is 0 Å². The number of benzene rings is 1. The number of nitrogens with one attached hydrogen (secondary N) is 1. The number of rotatable bonds is 5. The summed E-state index contributed by atoms with van der Waals surface area (Å²) < 4.78 is 18.6. The van der Waals surface area contributed by atoms with Gasteiger partial charge in [0.1, 0.15) is 5.82 Å². The lowest BCUT2D eigenvalue weighted by molar-refractivity contribution is -0.123. The van der Waals surface area contributed by atoms with Crippen LogP contribution in [0.3, 0.4) is 0 Å². The smallest absolute Gasteiger partial charge is 0.222 e. The van der Waals surface area contributed by atoms with E-state index >= 15 is 0 Å². The molecule has 1 heterocycles. The molecule has 1 aromatic rings. The maximum atomic E-state index is 13.3. The maximum Gasteiger partial charge on any atom is 0.222 e. The predicted molar refractivity (Wildman–Crippen MR) is 73.0 cm³/mol. The zero-order valence-corrected chi connectivity index (χ0v) is 11.7. The van der Waals surface area contributed by atoms with Crippen molar-refractivity contribution in [2.45, 2.75) is 31.5 Å². The Bertz CT molecular complexity index is 477. The fourth-order valence-corrected chi connectivity index (χ4v) is 2.25. The van der Waals surface area contributed by atoms with Gasteiger partial charge in [-0.15, -0.1) is 0 Å². The molecule has 0 saturated carbocycles. The highest BCUT2D eigenvalue weighted by Gasteiger charge is 2.19. The van der Waals surface area contributed by atoms with Gasteiger partial charge in [0.15, 0.2) is 0 Å². The third kappa shape index (κ3) is 4.16. The van der Waals surface area contributed by atoms with Gasteiger partial charge >= 0.3 is 0 Å². The first kappa shape index (κ1) is 15.2. The molecular formula is C14H17ClFNO3. The normalized spacial score (nSPS) is 19.9. The van der Waals surface area contributed by atoms with Crippen LogP contribution in [0.5, 0.6) is 0 Å². The summed E-state index contributed by atoms with van der Waals surface area (Å²) >= 11 is 5.57. The number of hydrogen-bond acceptors (Lipinski definition) is 3. The van der Waals surface area contributed by atoms with Gasteiger partial charge in [-0.25, -0.2) is 4.39 Å². The van der Waals surface area contributed by atoms with Crippen molar-refractivity contribution in [2.75, 3.05) is 13.2 Å². The summed E-state index contributed by atoms with van der Waals surface area (Å²) in [7, 11) is 0. The Hall–Kier alpha value is -1.17. The molecule has 2 rings (SSSR count). The molecule has 0 radical (unpaired) electrons. The minimum Gasteiger partial charge on any atom is -0.387 e. The first-order chi connectivity index (χ1) is 9.56. The van der Waals surface area contributed by atoms with Crippen LogP contribution in [0.25, 0.3) is 0 Å². The highest BCUT2D eigenvalue weighted by atomic mass is 35.5. The van der Waals surface area contributed by atoms with E-state index in [1.54, 1.807) is 0 Å². The zero-order valence-electron chi connectivity index (χ0n) is 10.9. The largest absolute Gasteiger partial charge is 0.387 e. The van der Waals surface area contributed by atoms with E-state index < -0.39 is 11.9 Å². The lowest BCUT2D eigenvalue weighted by Crippen LogP contribution is -2.31. The number of aliphatic hydroxyl groups is 1. The lowest BCUT2D eigenvalue weighted by Gasteiger charge is -2.14. The first-order valence-corrected chi connectivity index (χ1v) is 6.95. The Labute approximate surface area is 121 Å². The molecule has 110 valence electrons. The van der Waals surface area contributed by atoms with Gasteiger partial charge < -0.3 is 15.2 Å². The number of halogens is 2. The van der Waals surface area contributed by atoms with Crippen molar-refractivity contribution in [2.24, 2.45) is 0 Å². The summed E-state index contributed by atoms with van der Waals surface area (Å²) in [4.78, 5) is 11.7. The molecule has 1 aliphatic rings. The van der Waals surface area contributed by atoms with E-state index in [0.717, 1.165) is 12.8 Å². The fraction of sp³-hybridized carbons (Fsp3) is 0.500. The third-order valence-electron chi connectivity index (χ3n) is 3.26. The zero-order chi connectivity index (χ0) is 14.5. The molecule has 1 amide bonds. The van der Waals surface area contributed by atoms with E-state index in [1.165, 1.54) is 18.2 Å². The molecule has 4 nitrogen and oxygen atoms in total. The molecule has 1 saturated heterocycles. The molecular weight excluding hydrogens is 285 g/mol. The van der Waals surface area contributed by atoms with Crippen molar-refractivity contribution in [3.8, 4) is 0 Å². The minimum absolute atomic E-state index is 0.00312. The van der Waals surface area contributed by atoms with Crippen molar-refractivity contribution >= 4 is 17.5 Å². The van der Waals surface area contributed by atoms with Crippen LogP contribution in [0, 0.1) is 5.82 Å². The average Bonchev–Trinajstić information content (AvgIpc) is 2.92. The molecule has 0 spiro atoms. The number of ether oxygens (including phenoxy) is 1. The third-order valence-corrected chi connectivity index (χ3v) is 3.56. The topological polar surface area (TPSA) is 58.6 Å². The number of amides is 1. The first-order valence-electron chi connectivity index (χ1n) is 6.57. The van der Waals surface area contributed by atoms with Crippen molar-refractivity contribution in [3.05, 3.63) is 34.6 Å². The van der Waals surface area contributed by atoms with Gasteiger partial charge in [0.05, 0.1) is 23.7 Å². The number of carbonyl (C=O) groups excluding carboxylic acids is 1. The van der Waals surface area contributed by atoms with Gasteiger partial charge in [0.25, 0.3) is 0 Å². The minimum atomic E-state index is -0.963. The van der Waals surface area contributed by atoms with Gasteiger partial charge in [-0.3, -0.25) is 4.79 Å². The van der Waals surface area contributed by atoms with Crippen LogP contribution in [0.15, 0.2) is 18.2 Å². The summed E-state index contributed by atoms with van der Waals surface area (Å²) in [5.74, 6) is -0.765. The molecule has 6 heteroatoms. The predicted octanol–water partition coefficient (Wildman–Crippen LogP) is 2.20. The molecule has 2 N–H and O–H groups in total. The van der Waals surface area contributed by atoms with E-state index in [-0.39, 0.29) is 23.6 Å². The van der Waals surface area contributed by atoms with Crippen LogP contribution in [-0.2, 0) is 9.53 Å². The molecule has 1 aliphatic heterocycles. The molecule has 0 bridgehead atoms. The van der Waals surface area contributed by atoms with E-state index in [0.29, 0.717) is 18.6 Å². The monoisotopic (exact) mass is 301 g/mol. The van der Waals surface area contributed by atoms with Crippen LogP contribution in [-0.4, -0.2) is 30.3 Å². The standard InChI is InChI=1S/C14H17ClFNO3/c15-11-4-3-9(6-12(11)16)13(18)8-17-14(19)7-10-2-1-5-20-10/h3-4,6,10,13,18H,1-2,5,7-8H2,(H,17,19). The molecule has 0 aromatic heterocycles. The van der Waals surface area contributed by atoms with Crippen LogP contribution < -0.4 is 5.32 Å². The van der Waals surface area contributed by atoms with E-state index in [4.69, 9.17) is 16.3 Å². The van der Waals surface area contributed by atoms with Crippen molar-refractivity contribution in [1.82, 2.24) is 5.32 Å². The molecule has 1 aromatic carbocycles. The van der Waals surface area contributed by atoms with Gasteiger partial charge in [-0.1, -0.05) is 17.7 Å².